The van der Waals surface area contributed by atoms with Gasteiger partial charge in [0.25, 0.3) is 0 Å². The Hall–Kier alpha value is -1.05. The summed E-state index contributed by atoms with van der Waals surface area (Å²) >= 11 is 7.05. The van der Waals surface area contributed by atoms with Crippen LogP contribution in [0.1, 0.15) is 22.3 Å². The van der Waals surface area contributed by atoms with Gasteiger partial charge in [-0.3, -0.25) is 0 Å². The van der Waals surface area contributed by atoms with Crippen molar-refractivity contribution in [1.29, 1.82) is 0 Å². The van der Waals surface area contributed by atoms with Crippen LogP contribution in [0.25, 0.3) is 0 Å². The molecule has 0 spiro atoms. The summed E-state index contributed by atoms with van der Waals surface area (Å²) in [5, 5.41) is 2.64. The maximum Gasteiger partial charge on any atom is 0.214 e. The molecule has 100 valence electrons. The third-order valence-electron chi connectivity index (χ3n) is 3.87. The molecule has 0 saturated carbocycles. The van der Waals surface area contributed by atoms with Crippen molar-refractivity contribution in [2.75, 3.05) is 0 Å². The molecule has 0 N–H and O–H groups in total. The van der Waals surface area contributed by atoms with Crippen LogP contribution in [0.15, 0.2) is 36.4 Å². The van der Waals surface area contributed by atoms with E-state index in [1.165, 1.54) is 32.6 Å². The molecule has 2 rings (SSSR count). The average molecular weight is 289 g/mol. The first-order valence-corrected chi connectivity index (χ1v) is 10.2. The summed E-state index contributed by atoms with van der Waals surface area (Å²) < 4.78 is 0. The minimum atomic E-state index is -2.12. The Morgan fingerprint density at radius 2 is 1.47 bits per heavy atom. The molecule has 2 heteroatoms. The van der Waals surface area contributed by atoms with E-state index in [1.54, 1.807) is 0 Å². The fourth-order valence-electron chi connectivity index (χ4n) is 2.66. The number of halogens is 1. The Morgan fingerprint density at radius 3 is 2.05 bits per heavy atom. The smallest absolute Gasteiger partial charge is 0.155 e. The van der Waals surface area contributed by atoms with Gasteiger partial charge in [-0.2, -0.15) is 11.1 Å². The van der Waals surface area contributed by atoms with Gasteiger partial charge in [0.05, 0.1) is 0 Å². The molecule has 0 heterocycles. The van der Waals surface area contributed by atoms with Crippen LogP contribution >= 0.6 is 11.1 Å². The van der Waals surface area contributed by atoms with Gasteiger partial charge in [-0.15, -0.1) is 0 Å². The SMILES string of the molecule is Cc1cc(C)cc([Si](C)(Cl)c2cccc(C)c2C)c1. The largest absolute Gasteiger partial charge is 0.214 e. The van der Waals surface area contributed by atoms with Gasteiger partial charge in [-0.1, -0.05) is 47.5 Å². The summed E-state index contributed by atoms with van der Waals surface area (Å²) in [5.41, 5.74) is 5.24. The monoisotopic (exact) mass is 288 g/mol. The van der Waals surface area contributed by atoms with E-state index in [9.17, 15) is 0 Å². The zero-order chi connectivity index (χ0) is 14.2. The van der Waals surface area contributed by atoms with Crippen molar-refractivity contribution < 1.29 is 0 Å². The van der Waals surface area contributed by atoms with E-state index in [2.05, 4.69) is 70.6 Å². The van der Waals surface area contributed by atoms with Crippen molar-refractivity contribution in [2.45, 2.75) is 34.2 Å². The van der Waals surface area contributed by atoms with E-state index in [1.807, 2.05) is 0 Å². The number of benzene rings is 2. The minimum absolute atomic E-state index is 1.29. The van der Waals surface area contributed by atoms with Gasteiger partial charge < -0.3 is 0 Å². The van der Waals surface area contributed by atoms with Gasteiger partial charge in [-0.25, -0.2) is 0 Å². The Kier molecular flexibility index (Phi) is 3.89. The molecule has 0 aliphatic rings. The third kappa shape index (κ3) is 2.77. The summed E-state index contributed by atoms with van der Waals surface area (Å²) in [7, 11) is -2.12. The molecular weight excluding hydrogens is 268 g/mol. The Morgan fingerprint density at radius 1 is 0.895 bits per heavy atom. The molecule has 1 atom stereocenters. The lowest BCUT2D eigenvalue weighted by atomic mass is 10.1. The van der Waals surface area contributed by atoms with Crippen LogP contribution in [0.2, 0.25) is 6.55 Å². The minimum Gasteiger partial charge on any atom is -0.155 e. The van der Waals surface area contributed by atoms with Crippen LogP contribution in [0, 0.1) is 27.7 Å². The molecular formula is C17H21ClSi. The summed E-state index contributed by atoms with van der Waals surface area (Å²) in [6.07, 6.45) is 0. The summed E-state index contributed by atoms with van der Waals surface area (Å²) in [6.45, 7) is 10.8. The molecule has 0 saturated heterocycles. The fraction of sp³-hybridized carbons (Fsp3) is 0.294. The molecule has 19 heavy (non-hydrogen) atoms. The molecule has 0 nitrogen and oxygen atoms in total. The predicted octanol–water partition coefficient (Wildman–Crippen LogP) is 3.85. The first-order chi connectivity index (χ1) is 8.82. The number of rotatable bonds is 2. The molecule has 0 aromatic heterocycles. The zero-order valence-electron chi connectivity index (χ0n) is 12.3. The van der Waals surface area contributed by atoms with E-state index in [0.717, 1.165) is 0 Å². The van der Waals surface area contributed by atoms with Crippen LogP contribution in [0.5, 0.6) is 0 Å². The van der Waals surface area contributed by atoms with Crippen molar-refractivity contribution in [1.82, 2.24) is 0 Å². The highest BCUT2D eigenvalue weighted by atomic mass is 35.6. The molecule has 0 amide bonds. The van der Waals surface area contributed by atoms with E-state index in [4.69, 9.17) is 11.1 Å². The Bertz CT molecular complexity index is 594. The highest BCUT2D eigenvalue weighted by Crippen LogP contribution is 2.16. The van der Waals surface area contributed by atoms with Crippen molar-refractivity contribution in [3.05, 3.63) is 58.7 Å². The summed E-state index contributed by atoms with van der Waals surface area (Å²) in [6, 6.07) is 13.2. The molecule has 2 aromatic rings. The van der Waals surface area contributed by atoms with Gasteiger partial charge in [0, 0.05) is 0 Å². The first kappa shape index (κ1) is 14.4. The highest BCUT2D eigenvalue weighted by molar-refractivity contribution is 7.33. The first-order valence-electron chi connectivity index (χ1n) is 6.67. The maximum atomic E-state index is 7.05. The van der Waals surface area contributed by atoms with Crippen molar-refractivity contribution in [3.8, 4) is 0 Å². The van der Waals surface area contributed by atoms with Gasteiger partial charge in [0.15, 0.2) is 0 Å². The Balaban J connectivity index is 2.61. The van der Waals surface area contributed by atoms with Crippen molar-refractivity contribution >= 4 is 28.8 Å². The lowest BCUT2D eigenvalue weighted by Gasteiger charge is -2.24. The number of hydrogen-bond donors (Lipinski definition) is 0. The topological polar surface area (TPSA) is 0 Å². The second-order valence-electron chi connectivity index (χ2n) is 5.63. The van der Waals surface area contributed by atoms with Gasteiger partial charge in [0.1, 0.15) is 0 Å². The Labute approximate surface area is 122 Å². The van der Waals surface area contributed by atoms with Gasteiger partial charge >= 0.3 is 0 Å². The van der Waals surface area contributed by atoms with E-state index < -0.39 is 7.38 Å². The lowest BCUT2D eigenvalue weighted by molar-refractivity contribution is 1.36. The number of aryl methyl sites for hydroxylation is 3. The maximum absolute atomic E-state index is 7.05. The van der Waals surface area contributed by atoms with Crippen LogP contribution in [-0.2, 0) is 0 Å². The average Bonchev–Trinajstić information content (AvgIpc) is 2.31. The zero-order valence-corrected chi connectivity index (χ0v) is 14.1. The second kappa shape index (κ2) is 5.14. The highest BCUT2D eigenvalue weighted by Gasteiger charge is 2.31. The third-order valence-corrected chi connectivity index (χ3v) is 8.07. The normalized spacial score (nSPS) is 14.2. The fourth-order valence-corrected chi connectivity index (χ4v) is 6.22. The quantitative estimate of drug-likeness (QED) is 0.582. The van der Waals surface area contributed by atoms with Crippen molar-refractivity contribution in [3.63, 3.8) is 0 Å². The molecule has 0 radical (unpaired) electrons. The lowest BCUT2D eigenvalue weighted by Crippen LogP contribution is -2.52. The van der Waals surface area contributed by atoms with Gasteiger partial charge in [0.2, 0.25) is 7.38 Å². The molecule has 1 unspecified atom stereocenters. The molecule has 0 fully saturated rings. The molecule has 0 aliphatic carbocycles. The molecule has 0 aliphatic heterocycles. The second-order valence-corrected chi connectivity index (χ2v) is 11.0. The number of hydrogen-bond acceptors (Lipinski definition) is 0. The molecule has 0 bridgehead atoms. The molecule has 2 aromatic carbocycles. The van der Waals surface area contributed by atoms with E-state index >= 15 is 0 Å². The summed E-state index contributed by atoms with van der Waals surface area (Å²) in [5.74, 6) is 0. The standard InChI is InChI=1S/C17H21ClSi/c1-12-9-13(2)11-16(10-12)19(5,18)17-8-6-7-14(3)15(17)4/h6-11H,1-5H3. The predicted molar refractivity (Wildman–Crippen MR) is 88.6 cm³/mol. The van der Waals surface area contributed by atoms with Crippen LogP contribution < -0.4 is 10.4 Å². The summed E-state index contributed by atoms with van der Waals surface area (Å²) in [4.78, 5) is 0. The van der Waals surface area contributed by atoms with Gasteiger partial charge in [-0.05, 0) is 55.7 Å². The van der Waals surface area contributed by atoms with Crippen LogP contribution in [0.4, 0.5) is 0 Å². The van der Waals surface area contributed by atoms with Crippen LogP contribution in [-0.4, -0.2) is 7.38 Å². The van der Waals surface area contributed by atoms with Crippen molar-refractivity contribution in [2.24, 2.45) is 0 Å². The van der Waals surface area contributed by atoms with E-state index in [0.29, 0.717) is 0 Å². The van der Waals surface area contributed by atoms with E-state index in [-0.39, 0.29) is 0 Å². The van der Waals surface area contributed by atoms with Crippen LogP contribution in [0.3, 0.4) is 0 Å².